The van der Waals surface area contributed by atoms with Crippen molar-refractivity contribution in [3.05, 3.63) is 41.9 Å². The molecule has 0 saturated heterocycles. The number of nitrogens with one attached hydrogen (secondary N) is 1. The van der Waals surface area contributed by atoms with Gasteiger partial charge in [0.25, 0.3) is 0 Å². The van der Waals surface area contributed by atoms with Crippen molar-refractivity contribution in [3.63, 3.8) is 0 Å². The van der Waals surface area contributed by atoms with E-state index in [0.717, 1.165) is 33.7 Å². The summed E-state index contributed by atoms with van der Waals surface area (Å²) in [5.41, 5.74) is 4.93. The zero-order valence-electron chi connectivity index (χ0n) is 9.73. The van der Waals surface area contributed by atoms with Crippen LogP contribution in [0.15, 0.2) is 30.7 Å². The largest absolute Gasteiger partial charge is 0.337 e. The van der Waals surface area contributed by atoms with E-state index >= 15 is 0 Å². The number of aryl methyl sites for hydroxylation is 2. The third-order valence-electron chi connectivity index (χ3n) is 2.62. The second kappa shape index (κ2) is 3.66. The van der Waals surface area contributed by atoms with Crippen LogP contribution in [0.4, 0.5) is 0 Å². The summed E-state index contributed by atoms with van der Waals surface area (Å²) < 4.78 is 0. The lowest BCUT2D eigenvalue weighted by molar-refractivity contribution is 1.23. The first-order valence-electron chi connectivity index (χ1n) is 5.47. The minimum atomic E-state index is 0.743. The maximum atomic E-state index is 4.46. The average Bonchev–Trinajstić information content (AvgIpc) is 2.72. The molecule has 0 radical (unpaired) electrons. The second-order valence-corrected chi connectivity index (χ2v) is 4.22. The Balaban J connectivity index is 2.18. The highest BCUT2D eigenvalue weighted by atomic mass is 15.0. The Kier molecular flexibility index (Phi) is 2.14. The van der Waals surface area contributed by atoms with Crippen LogP contribution in [-0.4, -0.2) is 19.9 Å². The highest BCUT2D eigenvalue weighted by Gasteiger charge is 2.06. The van der Waals surface area contributed by atoms with Gasteiger partial charge in [0.15, 0.2) is 5.65 Å². The van der Waals surface area contributed by atoms with Crippen LogP contribution in [0.1, 0.15) is 11.1 Å². The van der Waals surface area contributed by atoms with Crippen LogP contribution in [0.2, 0.25) is 0 Å². The molecule has 0 atom stereocenters. The molecule has 84 valence electrons. The van der Waals surface area contributed by atoms with Gasteiger partial charge in [-0.3, -0.25) is 4.98 Å². The predicted octanol–water partition coefficient (Wildman–Crippen LogP) is 2.64. The number of aromatic nitrogens is 4. The summed E-state index contributed by atoms with van der Waals surface area (Å²) in [4.78, 5) is 16.2. The molecule has 0 fully saturated rings. The van der Waals surface area contributed by atoms with E-state index in [-0.39, 0.29) is 0 Å². The van der Waals surface area contributed by atoms with E-state index in [2.05, 4.69) is 26.0 Å². The highest BCUT2D eigenvalue weighted by Crippen LogP contribution is 2.19. The molecule has 3 heterocycles. The number of hydrogen-bond acceptors (Lipinski definition) is 3. The Morgan fingerprint density at radius 3 is 2.65 bits per heavy atom. The maximum Gasteiger partial charge on any atom is 0.178 e. The van der Waals surface area contributed by atoms with Gasteiger partial charge in [0, 0.05) is 24.2 Å². The molecule has 0 aromatic carbocycles. The molecular formula is C13H12N4. The molecule has 4 nitrogen and oxygen atoms in total. The molecule has 3 aromatic rings. The van der Waals surface area contributed by atoms with Crippen LogP contribution in [0.3, 0.4) is 0 Å². The lowest BCUT2D eigenvalue weighted by atomic mass is 10.2. The van der Waals surface area contributed by atoms with Gasteiger partial charge in [-0.2, -0.15) is 0 Å². The van der Waals surface area contributed by atoms with E-state index in [0.29, 0.717) is 0 Å². The molecule has 0 aliphatic rings. The number of aromatic amines is 1. The molecule has 17 heavy (non-hydrogen) atoms. The van der Waals surface area contributed by atoms with Crippen molar-refractivity contribution in [3.8, 4) is 11.4 Å². The van der Waals surface area contributed by atoms with Crippen LogP contribution < -0.4 is 0 Å². The van der Waals surface area contributed by atoms with Gasteiger partial charge in [0.2, 0.25) is 0 Å². The van der Waals surface area contributed by atoms with Gasteiger partial charge in [0.1, 0.15) is 5.82 Å². The molecular weight excluding hydrogens is 212 g/mol. The fraction of sp³-hybridized carbons (Fsp3) is 0.154. The van der Waals surface area contributed by atoms with Crippen LogP contribution >= 0.6 is 0 Å². The molecule has 0 saturated carbocycles. The minimum Gasteiger partial charge on any atom is -0.337 e. The van der Waals surface area contributed by atoms with Gasteiger partial charge in [-0.25, -0.2) is 9.97 Å². The number of pyridine rings is 2. The van der Waals surface area contributed by atoms with Crippen molar-refractivity contribution >= 4 is 11.2 Å². The predicted molar refractivity (Wildman–Crippen MR) is 66.6 cm³/mol. The minimum absolute atomic E-state index is 0.743. The molecule has 0 spiro atoms. The summed E-state index contributed by atoms with van der Waals surface area (Å²) in [6.45, 7) is 4.03. The molecule has 0 aliphatic carbocycles. The average molecular weight is 224 g/mol. The van der Waals surface area contributed by atoms with Gasteiger partial charge in [0.05, 0.1) is 5.52 Å². The highest BCUT2D eigenvalue weighted by molar-refractivity contribution is 5.76. The van der Waals surface area contributed by atoms with E-state index in [4.69, 9.17) is 0 Å². The van der Waals surface area contributed by atoms with E-state index in [9.17, 15) is 0 Å². The summed E-state index contributed by atoms with van der Waals surface area (Å²) in [6, 6.07) is 4.10. The summed E-state index contributed by atoms with van der Waals surface area (Å²) in [6.07, 6.45) is 5.45. The Morgan fingerprint density at radius 2 is 1.82 bits per heavy atom. The standard InChI is InChI=1S/C13H12N4/c1-8-3-10(7-14-5-8)12-16-11-4-9(2)6-15-13(11)17-12/h3-7H,1-2H3,(H,15,16,17). The van der Waals surface area contributed by atoms with E-state index in [1.165, 1.54) is 0 Å². The maximum absolute atomic E-state index is 4.46. The van der Waals surface area contributed by atoms with E-state index < -0.39 is 0 Å². The smallest absolute Gasteiger partial charge is 0.178 e. The summed E-state index contributed by atoms with van der Waals surface area (Å²) in [7, 11) is 0. The number of H-pyrrole nitrogens is 1. The third kappa shape index (κ3) is 1.78. The number of hydrogen-bond donors (Lipinski definition) is 1. The first-order chi connectivity index (χ1) is 8.22. The first kappa shape index (κ1) is 9.96. The molecule has 1 N–H and O–H groups in total. The van der Waals surface area contributed by atoms with Crippen LogP contribution in [0.25, 0.3) is 22.6 Å². The third-order valence-corrected chi connectivity index (χ3v) is 2.62. The number of nitrogens with zero attached hydrogens (tertiary/aromatic N) is 3. The van der Waals surface area contributed by atoms with Crippen molar-refractivity contribution in [1.82, 2.24) is 19.9 Å². The Hall–Kier alpha value is -2.23. The summed E-state index contributed by atoms with van der Waals surface area (Å²) >= 11 is 0. The normalized spacial score (nSPS) is 10.9. The molecule has 3 aromatic heterocycles. The van der Waals surface area contributed by atoms with Gasteiger partial charge in [-0.15, -0.1) is 0 Å². The van der Waals surface area contributed by atoms with Crippen LogP contribution in [0.5, 0.6) is 0 Å². The second-order valence-electron chi connectivity index (χ2n) is 4.22. The molecule has 3 rings (SSSR count). The van der Waals surface area contributed by atoms with Crippen molar-refractivity contribution < 1.29 is 0 Å². The summed E-state index contributed by atoms with van der Waals surface area (Å²) in [5, 5.41) is 0. The number of rotatable bonds is 1. The quantitative estimate of drug-likeness (QED) is 0.691. The molecule has 4 heteroatoms. The van der Waals surface area contributed by atoms with Gasteiger partial charge in [-0.05, 0) is 37.1 Å². The molecule has 0 bridgehead atoms. The fourth-order valence-corrected chi connectivity index (χ4v) is 1.83. The SMILES string of the molecule is Cc1cncc(-c2nc3ncc(C)cc3[nH]2)c1. The zero-order chi connectivity index (χ0) is 11.8. The molecule has 0 unspecified atom stereocenters. The van der Waals surface area contributed by atoms with Gasteiger partial charge < -0.3 is 4.98 Å². The first-order valence-corrected chi connectivity index (χ1v) is 5.47. The number of imidazole rings is 1. The van der Waals surface area contributed by atoms with Crippen molar-refractivity contribution in [1.29, 1.82) is 0 Å². The Labute approximate surface area is 98.8 Å². The number of fused-ring (bicyclic) bond motifs is 1. The fourth-order valence-electron chi connectivity index (χ4n) is 1.83. The Bertz CT molecular complexity index is 685. The van der Waals surface area contributed by atoms with Crippen molar-refractivity contribution in [2.75, 3.05) is 0 Å². The molecule has 0 aliphatic heterocycles. The van der Waals surface area contributed by atoms with Crippen LogP contribution in [-0.2, 0) is 0 Å². The van der Waals surface area contributed by atoms with Crippen LogP contribution in [0, 0.1) is 13.8 Å². The van der Waals surface area contributed by atoms with E-state index in [1.807, 2.05) is 32.3 Å². The van der Waals surface area contributed by atoms with Crippen molar-refractivity contribution in [2.45, 2.75) is 13.8 Å². The summed E-state index contributed by atoms with van der Waals surface area (Å²) in [5.74, 6) is 0.814. The molecule has 0 amide bonds. The monoisotopic (exact) mass is 224 g/mol. The van der Waals surface area contributed by atoms with Gasteiger partial charge in [-0.1, -0.05) is 0 Å². The topological polar surface area (TPSA) is 54.5 Å². The van der Waals surface area contributed by atoms with E-state index in [1.54, 1.807) is 6.20 Å². The lowest BCUT2D eigenvalue weighted by Crippen LogP contribution is -1.83. The Morgan fingerprint density at radius 1 is 1.00 bits per heavy atom. The van der Waals surface area contributed by atoms with Gasteiger partial charge >= 0.3 is 0 Å². The van der Waals surface area contributed by atoms with Crippen molar-refractivity contribution in [2.24, 2.45) is 0 Å². The lowest BCUT2D eigenvalue weighted by Gasteiger charge is -1.96. The zero-order valence-corrected chi connectivity index (χ0v) is 9.73.